The SMILES string of the molecule is Cc1cccc2c(NC3CC(=O)N(C(C)(C)C)C3)ccnc12. The summed E-state index contributed by atoms with van der Waals surface area (Å²) in [5, 5.41) is 4.66. The molecule has 1 aromatic heterocycles. The fourth-order valence-corrected chi connectivity index (χ4v) is 3.12. The molecular formula is C18H23N3O. The van der Waals surface area contributed by atoms with Crippen LogP contribution in [0.4, 0.5) is 5.69 Å². The van der Waals surface area contributed by atoms with Gasteiger partial charge in [-0.25, -0.2) is 0 Å². The average Bonchev–Trinajstić information content (AvgIpc) is 2.81. The van der Waals surface area contributed by atoms with Crippen molar-refractivity contribution in [3.8, 4) is 0 Å². The normalized spacial score (nSPS) is 19.0. The molecule has 1 amide bonds. The highest BCUT2D eigenvalue weighted by Gasteiger charge is 2.36. The highest BCUT2D eigenvalue weighted by atomic mass is 16.2. The van der Waals surface area contributed by atoms with E-state index in [1.807, 2.05) is 23.2 Å². The summed E-state index contributed by atoms with van der Waals surface area (Å²) < 4.78 is 0. The van der Waals surface area contributed by atoms with Crippen LogP contribution in [-0.4, -0.2) is 33.9 Å². The van der Waals surface area contributed by atoms with Crippen molar-refractivity contribution >= 4 is 22.5 Å². The van der Waals surface area contributed by atoms with Gasteiger partial charge >= 0.3 is 0 Å². The molecule has 1 unspecified atom stereocenters. The number of nitrogens with zero attached hydrogens (tertiary/aromatic N) is 2. The second-order valence-electron chi connectivity index (χ2n) is 7.05. The number of likely N-dealkylation sites (tertiary alicyclic amines) is 1. The molecule has 22 heavy (non-hydrogen) atoms. The van der Waals surface area contributed by atoms with Gasteiger partial charge in [-0.15, -0.1) is 0 Å². The molecule has 1 N–H and O–H groups in total. The maximum absolute atomic E-state index is 12.2. The van der Waals surface area contributed by atoms with Crippen LogP contribution in [-0.2, 0) is 4.79 Å². The molecule has 3 rings (SSSR count). The standard InChI is InChI=1S/C18H23N3O/c1-12-6-5-7-14-15(8-9-19-17(12)14)20-13-10-16(22)21(11-13)18(2,3)4/h5-9,13H,10-11H2,1-4H3,(H,19,20). The molecule has 2 aromatic rings. The van der Waals surface area contributed by atoms with E-state index in [1.54, 1.807) is 0 Å². The number of fused-ring (bicyclic) bond motifs is 1. The van der Waals surface area contributed by atoms with Crippen LogP contribution >= 0.6 is 0 Å². The van der Waals surface area contributed by atoms with E-state index >= 15 is 0 Å². The topological polar surface area (TPSA) is 45.2 Å². The predicted molar refractivity (Wildman–Crippen MR) is 90.0 cm³/mol. The van der Waals surface area contributed by atoms with Crippen LogP contribution in [0.3, 0.4) is 0 Å². The molecular weight excluding hydrogens is 274 g/mol. The number of benzene rings is 1. The van der Waals surface area contributed by atoms with E-state index in [0.717, 1.165) is 23.1 Å². The lowest BCUT2D eigenvalue weighted by molar-refractivity contribution is -0.131. The number of rotatable bonds is 2. The van der Waals surface area contributed by atoms with Crippen LogP contribution < -0.4 is 5.32 Å². The molecule has 4 nitrogen and oxygen atoms in total. The summed E-state index contributed by atoms with van der Waals surface area (Å²) in [6.45, 7) is 9.06. The Bertz CT molecular complexity index is 718. The molecule has 0 aliphatic carbocycles. The number of para-hydroxylation sites is 1. The van der Waals surface area contributed by atoms with Crippen LogP contribution in [0.1, 0.15) is 32.8 Å². The van der Waals surface area contributed by atoms with Gasteiger partial charge in [-0.3, -0.25) is 9.78 Å². The number of pyridine rings is 1. The second kappa shape index (κ2) is 5.27. The number of carbonyl (C=O) groups excluding carboxylic acids is 1. The van der Waals surface area contributed by atoms with Gasteiger partial charge in [-0.05, 0) is 39.3 Å². The lowest BCUT2D eigenvalue weighted by Crippen LogP contribution is -2.43. The van der Waals surface area contributed by atoms with E-state index in [4.69, 9.17) is 0 Å². The average molecular weight is 297 g/mol. The number of hydrogen-bond acceptors (Lipinski definition) is 3. The molecule has 116 valence electrons. The summed E-state index contributed by atoms with van der Waals surface area (Å²) in [6, 6.07) is 8.34. The summed E-state index contributed by atoms with van der Waals surface area (Å²) in [7, 11) is 0. The van der Waals surface area contributed by atoms with Crippen molar-refractivity contribution in [2.45, 2.75) is 45.7 Å². The van der Waals surface area contributed by atoms with Crippen molar-refractivity contribution in [2.24, 2.45) is 0 Å². The first-order chi connectivity index (χ1) is 10.4. The van der Waals surface area contributed by atoms with Crippen molar-refractivity contribution in [1.82, 2.24) is 9.88 Å². The lowest BCUT2D eigenvalue weighted by Gasteiger charge is -2.32. The Labute approximate surface area is 131 Å². The van der Waals surface area contributed by atoms with Crippen molar-refractivity contribution in [3.63, 3.8) is 0 Å². The van der Waals surface area contributed by atoms with Crippen LogP contribution in [0.2, 0.25) is 0 Å². The highest BCUT2D eigenvalue weighted by Crippen LogP contribution is 2.28. The zero-order chi connectivity index (χ0) is 15.9. The van der Waals surface area contributed by atoms with Gasteiger partial charge in [-0.1, -0.05) is 18.2 Å². The summed E-state index contributed by atoms with van der Waals surface area (Å²) in [6.07, 6.45) is 2.38. The zero-order valence-electron chi connectivity index (χ0n) is 13.7. The quantitative estimate of drug-likeness (QED) is 0.924. The minimum absolute atomic E-state index is 0.121. The fourth-order valence-electron chi connectivity index (χ4n) is 3.12. The smallest absolute Gasteiger partial charge is 0.225 e. The number of anilines is 1. The van der Waals surface area contributed by atoms with E-state index in [-0.39, 0.29) is 17.5 Å². The van der Waals surface area contributed by atoms with Crippen LogP contribution in [0.5, 0.6) is 0 Å². The molecule has 0 bridgehead atoms. The van der Waals surface area contributed by atoms with E-state index < -0.39 is 0 Å². The summed E-state index contributed by atoms with van der Waals surface area (Å²) >= 11 is 0. The Morgan fingerprint density at radius 3 is 2.73 bits per heavy atom. The molecule has 1 saturated heterocycles. The monoisotopic (exact) mass is 297 g/mol. The molecule has 0 radical (unpaired) electrons. The minimum atomic E-state index is -0.121. The molecule has 2 heterocycles. The van der Waals surface area contributed by atoms with Crippen LogP contribution in [0.25, 0.3) is 10.9 Å². The number of nitrogens with one attached hydrogen (secondary N) is 1. The van der Waals surface area contributed by atoms with Crippen molar-refractivity contribution < 1.29 is 4.79 Å². The maximum Gasteiger partial charge on any atom is 0.225 e. The van der Waals surface area contributed by atoms with E-state index in [0.29, 0.717) is 6.42 Å². The van der Waals surface area contributed by atoms with Crippen molar-refractivity contribution in [2.75, 3.05) is 11.9 Å². The number of carbonyl (C=O) groups is 1. The van der Waals surface area contributed by atoms with Gasteiger partial charge in [0, 0.05) is 35.8 Å². The summed E-state index contributed by atoms with van der Waals surface area (Å²) in [5.41, 5.74) is 3.12. The fraction of sp³-hybridized carbons (Fsp3) is 0.444. The Hall–Kier alpha value is -2.10. The van der Waals surface area contributed by atoms with Crippen molar-refractivity contribution in [1.29, 1.82) is 0 Å². The van der Waals surface area contributed by atoms with Crippen LogP contribution in [0, 0.1) is 6.92 Å². The first-order valence-electron chi connectivity index (χ1n) is 7.77. The Kier molecular flexibility index (Phi) is 3.55. The largest absolute Gasteiger partial charge is 0.379 e. The predicted octanol–water partition coefficient (Wildman–Crippen LogP) is 3.35. The number of aryl methyl sites for hydroxylation is 1. The van der Waals surface area contributed by atoms with E-state index in [2.05, 4.69) is 50.1 Å². The number of hydrogen-bond donors (Lipinski definition) is 1. The Balaban J connectivity index is 1.86. The maximum atomic E-state index is 12.2. The molecule has 1 fully saturated rings. The number of aromatic nitrogens is 1. The molecule has 1 atom stereocenters. The number of amides is 1. The van der Waals surface area contributed by atoms with E-state index in [1.165, 1.54) is 5.56 Å². The van der Waals surface area contributed by atoms with Gasteiger partial charge in [0.05, 0.1) is 11.6 Å². The van der Waals surface area contributed by atoms with Gasteiger partial charge in [0.1, 0.15) is 0 Å². The molecule has 1 aliphatic rings. The molecule has 1 aromatic carbocycles. The van der Waals surface area contributed by atoms with Gasteiger partial charge in [0.25, 0.3) is 0 Å². The lowest BCUT2D eigenvalue weighted by atomic mass is 10.1. The third-order valence-corrected chi connectivity index (χ3v) is 4.27. The van der Waals surface area contributed by atoms with Gasteiger partial charge in [0.15, 0.2) is 0 Å². The van der Waals surface area contributed by atoms with E-state index in [9.17, 15) is 4.79 Å². The molecule has 4 heteroatoms. The molecule has 0 spiro atoms. The minimum Gasteiger partial charge on any atom is -0.379 e. The van der Waals surface area contributed by atoms with Gasteiger partial charge < -0.3 is 10.2 Å². The molecule has 0 saturated carbocycles. The molecule has 1 aliphatic heterocycles. The second-order valence-corrected chi connectivity index (χ2v) is 7.05. The van der Waals surface area contributed by atoms with Crippen molar-refractivity contribution in [3.05, 3.63) is 36.0 Å². The summed E-state index contributed by atoms with van der Waals surface area (Å²) in [4.78, 5) is 18.6. The first-order valence-corrected chi connectivity index (χ1v) is 7.77. The Morgan fingerprint density at radius 2 is 2.05 bits per heavy atom. The third kappa shape index (κ3) is 2.65. The summed E-state index contributed by atoms with van der Waals surface area (Å²) in [5.74, 6) is 0.222. The first kappa shape index (κ1) is 14.8. The van der Waals surface area contributed by atoms with Gasteiger partial charge in [0.2, 0.25) is 5.91 Å². The van der Waals surface area contributed by atoms with Crippen LogP contribution in [0.15, 0.2) is 30.5 Å². The highest BCUT2D eigenvalue weighted by molar-refractivity contribution is 5.93. The van der Waals surface area contributed by atoms with Gasteiger partial charge in [-0.2, -0.15) is 0 Å². The third-order valence-electron chi connectivity index (χ3n) is 4.27. The Morgan fingerprint density at radius 1 is 1.27 bits per heavy atom. The zero-order valence-corrected chi connectivity index (χ0v) is 13.7.